The number of carbonyl (C=O) groups excluding carboxylic acids is 1. The molecule has 126 valence electrons. The first-order valence-corrected chi connectivity index (χ1v) is 7.07. The highest BCUT2D eigenvalue weighted by molar-refractivity contribution is 6.32. The van der Waals surface area contributed by atoms with Crippen LogP contribution in [0.2, 0.25) is 5.02 Å². The molecule has 0 saturated carbocycles. The average molecular weight is 353 g/mol. The third kappa shape index (κ3) is 7.17. The van der Waals surface area contributed by atoms with Gasteiger partial charge in [0.2, 0.25) is 0 Å². The number of hydrogen-bond donors (Lipinski definition) is 3. The number of halogens is 2. The average Bonchev–Trinajstić information content (AvgIpc) is 2.37. The Morgan fingerprint density at radius 2 is 2.14 bits per heavy atom. The lowest BCUT2D eigenvalue weighted by Gasteiger charge is -2.15. The van der Waals surface area contributed by atoms with Gasteiger partial charge in [-0.25, -0.2) is 0 Å². The SMILES string of the molecule is CCOc1cc(CNCC(C)O)cc(Cl)c1OCC(N)=O.Cl. The molecule has 0 radical (unpaired) electrons. The fourth-order valence-corrected chi connectivity index (χ4v) is 1.98. The minimum absolute atomic E-state index is 0. The van der Waals surface area contributed by atoms with E-state index in [0.29, 0.717) is 36.2 Å². The maximum absolute atomic E-state index is 10.8. The van der Waals surface area contributed by atoms with Gasteiger partial charge in [0.1, 0.15) is 0 Å². The van der Waals surface area contributed by atoms with Crippen LogP contribution in [0.1, 0.15) is 19.4 Å². The standard InChI is InChI=1S/C14H21ClN2O4.ClH/c1-3-20-12-5-10(7-17-6-9(2)18)4-11(15)14(12)21-8-13(16)19;/h4-5,9,17-18H,3,6-8H2,1-2H3,(H2,16,19);1H. The molecule has 0 aliphatic heterocycles. The van der Waals surface area contributed by atoms with Crippen molar-refractivity contribution in [1.82, 2.24) is 5.32 Å². The Kier molecular flexibility index (Phi) is 9.93. The van der Waals surface area contributed by atoms with E-state index in [1.807, 2.05) is 6.92 Å². The molecule has 0 aliphatic rings. The summed E-state index contributed by atoms with van der Waals surface area (Å²) in [6.07, 6.45) is -0.426. The summed E-state index contributed by atoms with van der Waals surface area (Å²) in [4.78, 5) is 10.8. The number of benzene rings is 1. The Balaban J connectivity index is 0.00000441. The lowest BCUT2D eigenvalue weighted by molar-refractivity contribution is -0.119. The molecule has 4 N–H and O–H groups in total. The molecule has 22 heavy (non-hydrogen) atoms. The molecule has 0 heterocycles. The van der Waals surface area contributed by atoms with E-state index in [2.05, 4.69) is 5.32 Å². The van der Waals surface area contributed by atoms with Crippen molar-refractivity contribution in [3.05, 3.63) is 22.7 Å². The number of carbonyl (C=O) groups is 1. The third-order valence-electron chi connectivity index (χ3n) is 2.50. The van der Waals surface area contributed by atoms with Crippen molar-refractivity contribution in [3.8, 4) is 11.5 Å². The molecule has 0 bridgehead atoms. The fourth-order valence-electron chi connectivity index (χ4n) is 1.70. The van der Waals surface area contributed by atoms with Crippen molar-refractivity contribution in [2.75, 3.05) is 19.8 Å². The zero-order valence-corrected chi connectivity index (χ0v) is 14.2. The quantitative estimate of drug-likeness (QED) is 0.626. The second kappa shape index (κ2) is 10.5. The van der Waals surface area contributed by atoms with Crippen molar-refractivity contribution < 1.29 is 19.4 Å². The highest BCUT2D eigenvalue weighted by Gasteiger charge is 2.13. The number of aliphatic hydroxyl groups is 1. The van der Waals surface area contributed by atoms with Crippen LogP contribution >= 0.6 is 24.0 Å². The third-order valence-corrected chi connectivity index (χ3v) is 2.78. The van der Waals surface area contributed by atoms with Crippen molar-refractivity contribution in [2.45, 2.75) is 26.5 Å². The van der Waals surface area contributed by atoms with Gasteiger partial charge >= 0.3 is 0 Å². The summed E-state index contributed by atoms with van der Waals surface area (Å²) in [7, 11) is 0. The molecular formula is C14H22Cl2N2O4. The minimum atomic E-state index is -0.587. The van der Waals surface area contributed by atoms with Gasteiger partial charge in [0, 0.05) is 13.1 Å². The van der Waals surface area contributed by atoms with Crippen LogP contribution in [0.5, 0.6) is 11.5 Å². The van der Waals surface area contributed by atoms with Crippen LogP contribution in [0.15, 0.2) is 12.1 Å². The van der Waals surface area contributed by atoms with E-state index < -0.39 is 12.0 Å². The topological polar surface area (TPSA) is 93.8 Å². The molecule has 1 amide bonds. The molecule has 8 heteroatoms. The molecule has 6 nitrogen and oxygen atoms in total. The second-order valence-corrected chi connectivity index (χ2v) is 4.98. The number of hydrogen-bond acceptors (Lipinski definition) is 5. The van der Waals surface area contributed by atoms with Crippen LogP contribution in [0.25, 0.3) is 0 Å². The molecule has 1 aromatic rings. The first-order valence-electron chi connectivity index (χ1n) is 6.69. The van der Waals surface area contributed by atoms with Crippen molar-refractivity contribution in [2.24, 2.45) is 5.73 Å². The highest BCUT2D eigenvalue weighted by atomic mass is 35.5. The van der Waals surface area contributed by atoms with E-state index in [1.54, 1.807) is 19.1 Å². The molecule has 1 rings (SSSR count). The summed E-state index contributed by atoms with van der Waals surface area (Å²) in [6.45, 7) is 4.71. The Morgan fingerprint density at radius 1 is 1.45 bits per heavy atom. The largest absolute Gasteiger partial charge is 0.490 e. The number of primary amides is 1. The Morgan fingerprint density at radius 3 is 2.68 bits per heavy atom. The normalized spacial score (nSPS) is 11.5. The first kappa shape index (κ1) is 20.8. The summed E-state index contributed by atoms with van der Waals surface area (Å²) in [6, 6.07) is 3.50. The molecular weight excluding hydrogens is 331 g/mol. The van der Waals surface area contributed by atoms with Crippen LogP contribution < -0.4 is 20.5 Å². The zero-order valence-electron chi connectivity index (χ0n) is 12.6. The second-order valence-electron chi connectivity index (χ2n) is 4.57. The van der Waals surface area contributed by atoms with E-state index in [4.69, 9.17) is 26.8 Å². The number of ether oxygens (including phenoxy) is 2. The summed E-state index contributed by atoms with van der Waals surface area (Å²) in [5.74, 6) is 0.174. The van der Waals surface area contributed by atoms with E-state index in [-0.39, 0.29) is 19.0 Å². The number of nitrogens with one attached hydrogen (secondary N) is 1. The van der Waals surface area contributed by atoms with Gasteiger partial charge in [0.15, 0.2) is 18.1 Å². The lowest BCUT2D eigenvalue weighted by Crippen LogP contribution is -2.24. The molecule has 0 saturated heterocycles. The van der Waals surface area contributed by atoms with Crippen LogP contribution in [-0.2, 0) is 11.3 Å². The summed E-state index contributed by atoms with van der Waals surface area (Å²) < 4.78 is 10.8. The van der Waals surface area contributed by atoms with E-state index in [1.165, 1.54) is 0 Å². The number of rotatable bonds is 9. The monoisotopic (exact) mass is 352 g/mol. The number of amides is 1. The van der Waals surface area contributed by atoms with Gasteiger partial charge < -0.3 is 25.6 Å². The number of nitrogens with two attached hydrogens (primary N) is 1. The molecule has 0 spiro atoms. The summed E-state index contributed by atoms with van der Waals surface area (Å²) in [5, 5.41) is 12.6. The predicted octanol–water partition coefficient (Wildman–Crippen LogP) is 1.49. The van der Waals surface area contributed by atoms with Crippen LogP contribution in [0.3, 0.4) is 0 Å². The van der Waals surface area contributed by atoms with E-state index >= 15 is 0 Å². The predicted molar refractivity (Wildman–Crippen MR) is 87.9 cm³/mol. The van der Waals surface area contributed by atoms with Gasteiger partial charge in [-0.1, -0.05) is 11.6 Å². The minimum Gasteiger partial charge on any atom is -0.490 e. The van der Waals surface area contributed by atoms with Gasteiger partial charge in [-0.2, -0.15) is 0 Å². The Labute approximate surface area is 141 Å². The van der Waals surface area contributed by atoms with E-state index in [0.717, 1.165) is 5.56 Å². The van der Waals surface area contributed by atoms with Crippen molar-refractivity contribution in [1.29, 1.82) is 0 Å². The van der Waals surface area contributed by atoms with Crippen LogP contribution in [0, 0.1) is 0 Å². The maximum Gasteiger partial charge on any atom is 0.255 e. The van der Waals surface area contributed by atoms with Crippen molar-refractivity contribution >= 4 is 29.9 Å². The zero-order chi connectivity index (χ0) is 15.8. The highest BCUT2D eigenvalue weighted by Crippen LogP contribution is 2.36. The Bertz CT molecular complexity index is 484. The molecule has 1 unspecified atom stereocenters. The smallest absolute Gasteiger partial charge is 0.255 e. The van der Waals surface area contributed by atoms with Crippen LogP contribution in [-0.4, -0.2) is 36.9 Å². The summed E-state index contributed by atoms with van der Waals surface area (Å²) >= 11 is 6.16. The van der Waals surface area contributed by atoms with E-state index in [9.17, 15) is 9.90 Å². The van der Waals surface area contributed by atoms with Crippen molar-refractivity contribution in [3.63, 3.8) is 0 Å². The Hall–Kier alpha value is -1.21. The molecule has 0 aliphatic carbocycles. The molecule has 0 aromatic heterocycles. The fraction of sp³-hybridized carbons (Fsp3) is 0.500. The molecule has 1 aromatic carbocycles. The van der Waals surface area contributed by atoms with Crippen LogP contribution in [0.4, 0.5) is 0 Å². The van der Waals surface area contributed by atoms with Gasteiger partial charge in [-0.05, 0) is 31.5 Å². The van der Waals surface area contributed by atoms with Gasteiger partial charge in [-0.15, -0.1) is 12.4 Å². The molecule has 0 fully saturated rings. The summed E-state index contributed by atoms with van der Waals surface area (Å²) in [5.41, 5.74) is 5.94. The van der Waals surface area contributed by atoms with Gasteiger partial charge in [0.25, 0.3) is 5.91 Å². The maximum atomic E-state index is 10.8. The first-order chi connectivity index (χ1) is 9.93. The number of aliphatic hydroxyl groups excluding tert-OH is 1. The van der Waals surface area contributed by atoms with Gasteiger partial charge in [-0.3, -0.25) is 4.79 Å². The van der Waals surface area contributed by atoms with Gasteiger partial charge in [0.05, 0.1) is 17.7 Å². The molecule has 1 atom stereocenters. The lowest BCUT2D eigenvalue weighted by atomic mass is 10.2.